The molecular weight excluding hydrogens is 250 g/mol. The Balaban J connectivity index is 2.15. The monoisotopic (exact) mass is 263 g/mol. The summed E-state index contributed by atoms with van der Waals surface area (Å²) in [5, 5.41) is 8.67. The van der Waals surface area contributed by atoms with Gasteiger partial charge in [-0.1, -0.05) is 0 Å². The van der Waals surface area contributed by atoms with Crippen LogP contribution in [0.4, 0.5) is 0 Å². The van der Waals surface area contributed by atoms with Gasteiger partial charge in [0.15, 0.2) is 5.82 Å². The van der Waals surface area contributed by atoms with Gasteiger partial charge in [-0.3, -0.25) is 9.78 Å². The number of methoxy groups -OCH3 is 1. The summed E-state index contributed by atoms with van der Waals surface area (Å²) < 4.78 is 5.01. The van der Waals surface area contributed by atoms with E-state index in [2.05, 4.69) is 25.5 Å². The van der Waals surface area contributed by atoms with Crippen molar-refractivity contribution in [2.75, 3.05) is 7.11 Å². The summed E-state index contributed by atoms with van der Waals surface area (Å²) in [6, 6.07) is 2.79. The van der Waals surface area contributed by atoms with E-state index in [-0.39, 0.29) is 11.8 Å². The van der Waals surface area contributed by atoms with Crippen LogP contribution in [0.3, 0.4) is 0 Å². The topological polar surface area (TPSA) is 113 Å². The summed E-state index contributed by atoms with van der Waals surface area (Å²) in [4.78, 5) is 29.4. The van der Waals surface area contributed by atoms with Crippen molar-refractivity contribution in [3.63, 3.8) is 0 Å². The average Bonchev–Trinajstić information content (AvgIpc) is 2.85. The highest BCUT2D eigenvalue weighted by Crippen LogP contribution is 2.14. The number of hydrogen-bond donors (Lipinski definition) is 3. The Morgan fingerprint density at radius 2 is 2.32 bits per heavy atom. The number of nitrogens with one attached hydrogen (secondary N) is 3. The molecule has 0 aliphatic rings. The van der Waals surface area contributed by atoms with Gasteiger partial charge in [-0.2, -0.15) is 5.10 Å². The third kappa shape index (κ3) is 2.79. The van der Waals surface area contributed by atoms with E-state index < -0.39 is 11.7 Å². The van der Waals surface area contributed by atoms with E-state index in [0.29, 0.717) is 11.4 Å². The summed E-state index contributed by atoms with van der Waals surface area (Å²) in [5.74, 6) is 0.227. The molecule has 0 aliphatic carbocycles. The van der Waals surface area contributed by atoms with Crippen LogP contribution in [-0.4, -0.2) is 33.2 Å². The molecule has 0 aliphatic heterocycles. The SMILES string of the molecule is COc1ncccc1C(=O)NC(C)c1n[nH]c(=O)[nH]1. The van der Waals surface area contributed by atoms with Gasteiger partial charge in [0, 0.05) is 6.20 Å². The molecule has 3 N–H and O–H groups in total. The molecule has 19 heavy (non-hydrogen) atoms. The number of ether oxygens (including phenoxy) is 1. The van der Waals surface area contributed by atoms with Gasteiger partial charge in [0.2, 0.25) is 5.88 Å². The van der Waals surface area contributed by atoms with E-state index in [1.807, 2.05) is 0 Å². The lowest BCUT2D eigenvalue weighted by Gasteiger charge is -2.12. The van der Waals surface area contributed by atoms with E-state index in [1.165, 1.54) is 13.3 Å². The molecule has 0 saturated heterocycles. The molecule has 0 aromatic carbocycles. The van der Waals surface area contributed by atoms with Gasteiger partial charge in [0.25, 0.3) is 5.91 Å². The second-order valence-electron chi connectivity index (χ2n) is 3.82. The molecule has 8 nitrogen and oxygen atoms in total. The quantitative estimate of drug-likeness (QED) is 0.718. The lowest BCUT2D eigenvalue weighted by Crippen LogP contribution is -2.28. The van der Waals surface area contributed by atoms with Gasteiger partial charge in [0.05, 0.1) is 13.2 Å². The fraction of sp³-hybridized carbons (Fsp3) is 0.273. The molecule has 2 heterocycles. The number of carbonyl (C=O) groups excluding carboxylic acids is 1. The fourth-order valence-electron chi connectivity index (χ4n) is 1.56. The van der Waals surface area contributed by atoms with Crippen LogP contribution in [0.1, 0.15) is 29.1 Å². The Morgan fingerprint density at radius 1 is 1.53 bits per heavy atom. The van der Waals surface area contributed by atoms with E-state index in [0.717, 1.165) is 0 Å². The van der Waals surface area contributed by atoms with Crippen LogP contribution in [-0.2, 0) is 0 Å². The van der Waals surface area contributed by atoms with E-state index >= 15 is 0 Å². The number of amides is 1. The Labute approximate surface area is 108 Å². The molecular formula is C11H13N5O3. The summed E-state index contributed by atoms with van der Waals surface area (Å²) in [7, 11) is 1.44. The van der Waals surface area contributed by atoms with Crippen LogP contribution in [0.5, 0.6) is 5.88 Å². The minimum absolute atomic E-state index is 0.239. The number of carbonyl (C=O) groups is 1. The maximum absolute atomic E-state index is 12.1. The highest BCUT2D eigenvalue weighted by Gasteiger charge is 2.17. The van der Waals surface area contributed by atoms with E-state index in [4.69, 9.17) is 4.74 Å². The number of pyridine rings is 1. The number of aromatic nitrogens is 4. The summed E-state index contributed by atoms with van der Waals surface area (Å²) in [6.45, 7) is 1.70. The van der Waals surface area contributed by atoms with Crippen molar-refractivity contribution in [1.82, 2.24) is 25.5 Å². The first-order chi connectivity index (χ1) is 9.11. The molecule has 8 heteroatoms. The van der Waals surface area contributed by atoms with Gasteiger partial charge in [0.1, 0.15) is 5.56 Å². The molecule has 1 atom stereocenters. The number of nitrogens with zero attached hydrogens (tertiary/aromatic N) is 2. The second kappa shape index (κ2) is 5.34. The van der Waals surface area contributed by atoms with Crippen LogP contribution in [0.25, 0.3) is 0 Å². The Kier molecular flexibility index (Phi) is 3.60. The zero-order valence-corrected chi connectivity index (χ0v) is 10.4. The molecule has 2 aromatic heterocycles. The van der Waals surface area contributed by atoms with Gasteiger partial charge < -0.3 is 10.1 Å². The average molecular weight is 263 g/mol. The van der Waals surface area contributed by atoms with Crippen molar-refractivity contribution in [3.8, 4) is 5.88 Å². The zero-order valence-electron chi connectivity index (χ0n) is 10.4. The molecule has 0 radical (unpaired) electrons. The molecule has 1 amide bonds. The third-order valence-electron chi connectivity index (χ3n) is 2.49. The number of H-pyrrole nitrogens is 2. The van der Waals surface area contributed by atoms with Gasteiger partial charge in [-0.25, -0.2) is 14.9 Å². The number of rotatable bonds is 4. The summed E-state index contributed by atoms with van der Waals surface area (Å²) in [5.41, 5.74) is -0.107. The lowest BCUT2D eigenvalue weighted by atomic mass is 10.2. The van der Waals surface area contributed by atoms with Crippen molar-refractivity contribution in [2.45, 2.75) is 13.0 Å². The van der Waals surface area contributed by atoms with Crippen molar-refractivity contribution >= 4 is 5.91 Å². The van der Waals surface area contributed by atoms with Crippen molar-refractivity contribution in [2.24, 2.45) is 0 Å². The maximum Gasteiger partial charge on any atom is 0.340 e. The summed E-state index contributed by atoms with van der Waals surface area (Å²) in [6.07, 6.45) is 1.53. The molecule has 2 aromatic rings. The van der Waals surface area contributed by atoms with Gasteiger partial charge >= 0.3 is 5.69 Å². The highest BCUT2D eigenvalue weighted by atomic mass is 16.5. The minimum Gasteiger partial charge on any atom is -0.480 e. The van der Waals surface area contributed by atoms with Crippen LogP contribution < -0.4 is 15.7 Å². The van der Waals surface area contributed by atoms with Crippen LogP contribution in [0.2, 0.25) is 0 Å². The normalized spacial score (nSPS) is 11.9. The van der Waals surface area contributed by atoms with Crippen molar-refractivity contribution in [1.29, 1.82) is 0 Å². The van der Waals surface area contributed by atoms with Crippen molar-refractivity contribution in [3.05, 3.63) is 40.2 Å². The first kappa shape index (κ1) is 12.8. The largest absolute Gasteiger partial charge is 0.480 e. The van der Waals surface area contributed by atoms with Gasteiger partial charge in [-0.15, -0.1) is 0 Å². The van der Waals surface area contributed by atoms with Crippen molar-refractivity contribution < 1.29 is 9.53 Å². The Morgan fingerprint density at radius 3 is 2.95 bits per heavy atom. The first-order valence-corrected chi connectivity index (χ1v) is 5.56. The summed E-state index contributed by atoms with van der Waals surface area (Å²) >= 11 is 0. The molecule has 0 spiro atoms. The van der Waals surface area contributed by atoms with Crippen LogP contribution in [0.15, 0.2) is 23.1 Å². The first-order valence-electron chi connectivity index (χ1n) is 5.56. The Hall–Kier alpha value is -2.64. The minimum atomic E-state index is -0.448. The second-order valence-corrected chi connectivity index (χ2v) is 3.82. The third-order valence-corrected chi connectivity index (χ3v) is 2.49. The zero-order chi connectivity index (χ0) is 13.8. The number of aromatic amines is 2. The molecule has 0 bridgehead atoms. The standard InChI is InChI=1S/C11H13N5O3/c1-6(8-14-11(18)16-15-8)13-9(17)7-4-3-5-12-10(7)19-2/h3-6H,1-2H3,(H,13,17)(H2,14,15,16,18). The highest BCUT2D eigenvalue weighted by molar-refractivity contribution is 5.96. The number of hydrogen-bond acceptors (Lipinski definition) is 5. The fourth-order valence-corrected chi connectivity index (χ4v) is 1.56. The maximum atomic E-state index is 12.1. The lowest BCUT2D eigenvalue weighted by molar-refractivity contribution is 0.0934. The van der Waals surface area contributed by atoms with Crippen LogP contribution >= 0.6 is 0 Å². The smallest absolute Gasteiger partial charge is 0.340 e. The molecule has 0 saturated carbocycles. The van der Waals surface area contributed by atoms with Gasteiger partial charge in [-0.05, 0) is 19.1 Å². The van der Waals surface area contributed by atoms with E-state index in [9.17, 15) is 9.59 Å². The molecule has 2 rings (SSSR count). The molecule has 0 fully saturated rings. The molecule has 1 unspecified atom stereocenters. The van der Waals surface area contributed by atoms with E-state index in [1.54, 1.807) is 19.1 Å². The predicted octanol–water partition coefficient (Wildman–Crippen LogP) is -0.00740. The Bertz CT molecular complexity index is 633. The predicted molar refractivity (Wildman–Crippen MR) is 65.9 cm³/mol. The molecule has 100 valence electrons. The van der Waals surface area contributed by atoms with Crippen LogP contribution in [0, 0.1) is 0 Å².